The van der Waals surface area contributed by atoms with E-state index in [2.05, 4.69) is 41.7 Å². The van der Waals surface area contributed by atoms with Gasteiger partial charge in [-0.1, -0.05) is 59.6 Å². The minimum absolute atomic E-state index is 0.0476. The second-order valence-electron chi connectivity index (χ2n) is 14.5. The van der Waals surface area contributed by atoms with Gasteiger partial charge in [0.2, 0.25) is 12.1 Å². The molecule has 4 amide bonds. The third-order valence-electron chi connectivity index (χ3n) is 9.79. The molecule has 4 unspecified atom stereocenters. The van der Waals surface area contributed by atoms with Crippen molar-refractivity contribution in [3.05, 3.63) is 140 Å². The van der Waals surface area contributed by atoms with Crippen molar-refractivity contribution in [3.63, 3.8) is 0 Å². The monoisotopic (exact) mass is 942 g/mol. The zero-order valence-electron chi connectivity index (χ0n) is 35.3. The van der Waals surface area contributed by atoms with Crippen molar-refractivity contribution in [1.29, 1.82) is 0 Å². The number of benzene rings is 5. The molecule has 0 saturated carbocycles. The molecule has 0 fully saturated rings. The molecule has 0 saturated heterocycles. The van der Waals surface area contributed by atoms with Crippen molar-refractivity contribution in [1.82, 2.24) is 0 Å². The van der Waals surface area contributed by atoms with Crippen molar-refractivity contribution in [2.24, 2.45) is 20.5 Å². The minimum atomic E-state index is -1.59. The molecule has 4 atom stereocenters. The molecule has 0 radical (unpaired) electrons. The molecule has 0 aliphatic rings. The normalized spacial score (nSPS) is 13.2. The number of nitrogens with one attached hydrogen (secondary N) is 4. The lowest BCUT2D eigenvalue weighted by atomic mass is 10.0. The van der Waals surface area contributed by atoms with Gasteiger partial charge in [0.05, 0.1) is 31.9 Å². The van der Waals surface area contributed by atoms with E-state index in [9.17, 15) is 28.8 Å². The highest BCUT2D eigenvalue weighted by molar-refractivity contribution is 6.37. The number of amides is 4. The molecule has 0 spiro atoms. The number of alkyl halides is 2. The van der Waals surface area contributed by atoms with E-state index in [-0.39, 0.29) is 43.3 Å². The van der Waals surface area contributed by atoms with Crippen molar-refractivity contribution >= 4 is 116 Å². The first-order chi connectivity index (χ1) is 30.4. The van der Waals surface area contributed by atoms with Gasteiger partial charge in [-0.05, 0) is 124 Å². The summed E-state index contributed by atoms with van der Waals surface area (Å²) in [5.74, 6) is -3.90. The summed E-state index contributed by atoms with van der Waals surface area (Å²) in [5, 5.41) is 26.4. The van der Waals surface area contributed by atoms with Crippen LogP contribution >= 0.6 is 46.4 Å². The number of azo groups is 2. The predicted molar refractivity (Wildman–Crippen MR) is 251 cm³/mol. The Bertz CT molecular complexity index is 2520. The topological polar surface area (TPSA) is 200 Å². The van der Waals surface area contributed by atoms with E-state index < -0.39 is 47.3 Å². The number of Topliss-reactive ketones (excluding diaryl/α,β-unsaturated/α-hetero) is 2. The van der Waals surface area contributed by atoms with Gasteiger partial charge in [0.25, 0.3) is 23.6 Å². The van der Waals surface area contributed by atoms with Crippen LogP contribution in [-0.2, 0) is 19.2 Å². The lowest BCUT2D eigenvalue weighted by Crippen LogP contribution is -2.33. The predicted octanol–water partition coefficient (Wildman–Crippen LogP) is 12.1. The number of anilines is 4. The van der Waals surface area contributed by atoms with Crippen LogP contribution in [0.3, 0.4) is 0 Å². The maximum Gasteiger partial charge on any atom is 0.258 e. The van der Waals surface area contributed by atoms with E-state index in [1.807, 2.05) is 26.0 Å². The average Bonchev–Trinajstić information content (AvgIpc) is 3.24. The number of hydrogen-bond acceptors (Lipinski definition) is 10. The Kier molecular flexibility index (Phi) is 16.6. The zero-order valence-corrected chi connectivity index (χ0v) is 38.3. The van der Waals surface area contributed by atoms with E-state index in [0.29, 0.717) is 33.9 Å². The van der Waals surface area contributed by atoms with E-state index in [4.69, 9.17) is 46.4 Å². The summed E-state index contributed by atoms with van der Waals surface area (Å²) in [5.41, 5.74) is 4.52. The van der Waals surface area contributed by atoms with Crippen LogP contribution in [0.1, 0.15) is 81.4 Å². The van der Waals surface area contributed by atoms with Crippen molar-refractivity contribution in [2.45, 2.75) is 64.4 Å². The van der Waals surface area contributed by atoms with E-state index >= 15 is 0 Å². The maximum atomic E-state index is 13.4. The van der Waals surface area contributed by atoms with Gasteiger partial charge in [0.1, 0.15) is 11.4 Å². The van der Waals surface area contributed by atoms with Gasteiger partial charge in [-0.3, -0.25) is 28.8 Å². The van der Waals surface area contributed by atoms with Gasteiger partial charge >= 0.3 is 0 Å². The molecular weight excluding hydrogens is 902 g/mol. The van der Waals surface area contributed by atoms with Crippen LogP contribution in [0.15, 0.2) is 118 Å². The highest BCUT2D eigenvalue weighted by Gasteiger charge is 2.27. The van der Waals surface area contributed by atoms with Gasteiger partial charge in [0, 0.05) is 22.7 Å². The Morgan fingerprint density at radius 1 is 0.516 bits per heavy atom. The first kappa shape index (κ1) is 48.7. The smallest absolute Gasteiger partial charge is 0.258 e. The molecule has 0 bridgehead atoms. The summed E-state index contributed by atoms with van der Waals surface area (Å²) in [6, 6.07) is 22.9. The first-order valence-electron chi connectivity index (χ1n) is 19.6. The molecule has 14 nitrogen and oxygen atoms in total. The van der Waals surface area contributed by atoms with Gasteiger partial charge in [-0.25, -0.2) is 0 Å². The molecule has 0 aliphatic carbocycles. The molecule has 5 rings (SSSR count). The first-order valence-corrected chi connectivity index (χ1v) is 21.2. The van der Waals surface area contributed by atoms with Gasteiger partial charge < -0.3 is 21.3 Å². The SMILES string of the molecule is CC(=O)C(N=Nc1cccc(C(=O)Nc2cccc(C(C)Cl)c2)c1Cl)C(=O)Nc1ccc(NC(=O)C(N=Nc2cccc(C(=O)Nc3cccc(C(C)Cl)c3)c2Cl)C(C)=O)c(C)c1C. The van der Waals surface area contributed by atoms with Crippen LogP contribution in [0, 0.1) is 13.8 Å². The van der Waals surface area contributed by atoms with Crippen LogP contribution in [-0.4, -0.2) is 47.3 Å². The third-order valence-corrected chi connectivity index (χ3v) is 11.1. The second-order valence-corrected chi connectivity index (χ2v) is 16.6. The molecule has 64 heavy (non-hydrogen) atoms. The Morgan fingerprint density at radius 3 is 1.22 bits per heavy atom. The van der Waals surface area contributed by atoms with Gasteiger partial charge in [-0.2, -0.15) is 20.5 Å². The fourth-order valence-corrected chi connectivity index (χ4v) is 6.81. The second kappa shape index (κ2) is 21.8. The average molecular weight is 945 g/mol. The van der Waals surface area contributed by atoms with Crippen molar-refractivity contribution in [3.8, 4) is 0 Å². The van der Waals surface area contributed by atoms with E-state index in [1.54, 1.807) is 50.2 Å². The number of halogens is 4. The molecule has 5 aromatic rings. The summed E-state index contributed by atoms with van der Waals surface area (Å²) in [7, 11) is 0. The van der Waals surface area contributed by atoms with Crippen LogP contribution in [0.5, 0.6) is 0 Å². The molecule has 330 valence electrons. The molecule has 18 heteroatoms. The fraction of sp³-hybridized carbons (Fsp3) is 0.217. The van der Waals surface area contributed by atoms with E-state index in [1.165, 1.54) is 62.4 Å². The minimum Gasteiger partial charge on any atom is -0.324 e. The van der Waals surface area contributed by atoms with Crippen LogP contribution in [0.4, 0.5) is 34.1 Å². The van der Waals surface area contributed by atoms with Gasteiger partial charge in [-0.15, -0.1) is 23.2 Å². The third kappa shape index (κ3) is 12.2. The quantitative estimate of drug-likeness (QED) is 0.0431. The molecule has 0 aliphatic heterocycles. The zero-order chi connectivity index (χ0) is 46.8. The lowest BCUT2D eigenvalue weighted by Gasteiger charge is -2.17. The molecule has 0 aromatic heterocycles. The number of ketones is 2. The number of carbonyl (C=O) groups is 6. The number of carbonyl (C=O) groups excluding carboxylic acids is 6. The largest absolute Gasteiger partial charge is 0.324 e. The molecule has 5 aromatic carbocycles. The Balaban J connectivity index is 1.26. The number of rotatable bonds is 16. The summed E-state index contributed by atoms with van der Waals surface area (Å²) in [6.45, 7) is 9.33. The van der Waals surface area contributed by atoms with E-state index in [0.717, 1.165) is 11.1 Å². The number of nitrogens with zero attached hydrogens (tertiary/aromatic N) is 4. The van der Waals surface area contributed by atoms with Crippen LogP contribution in [0.2, 0.25) is 10.0 Å². The van der Waals surface area contributed by atoms with Crippen molar-refractivity contribution in [2.75, 3.05) is 21.3 Å². The lowest BCUT2D eigenvalue weighted by molar-refractivity contribution is -0.127. The summed E-state index contributed by atoms with van der Waals surface area (Å²) >= 11 is 25.5. The standard InChI is InChI=1S/C46H42Cl4N8O6/c1-23-24(2)36(54-46(64)42(28(6)60)58-56-38-18-10-16-34(40(38)50)44(62)52-32-14-8-12-30(22-32)26(4)48)20-19-35(23)53-45(63)41(27(5)59)57-55-37-17-9-15-33(39(37)49)43(61)51-31-13-7-11-29(21-31)25(3)47/h7-22,25-26,41-42H,1-6H3,(H,51,61)(H,52,62)(H,53,63)(H,54,64). The van der Waals surface area contributed by atoms with Gasteiger partial charge in [0.15, 0.2) is 11.6 Å². The van der Waals surface area contributed by atoms with Crippen LogP contribution in [0.25, 0.3) is 0 Å². The Hall–Kier alpha value is -6.32. The Morgan fingerprint density at radius 2 is 0.875 bits per heavy atom. The summed E-state index contributed by atoms with van der Waals surface area (Å²) in [6.07, 6.45) is 0. The maximum absolute atomic E-state index is 13.4. The molecular formula is C46H42Cl4N8O6. The van der Waals surface area contributed by atoms with Crippen molar-refractivity contribution < 1.29 is 28.8 Å². The highest BCUT2D eigenvalue weighted by atomic mass is 35.5. The fourth-order valence-electron chi connectivity index (χ4n) is 6.04. The molecule has 4 N–H and O–H groups in total. The number of hydrogen-bond donors (Lipinski definition) is 4. The summed E-state index contributed by atoms with van der Waals surface area (Å²) in [4.78, 5) is 78.4. The molecule has 0 heterocycles. The highest BCUT2D eigenvalue weighted by Crippen LogP contribution is 2.33. The van der Waals surface area contributed by atoms with Crippen LogP contribution < -0.4 is 21.3 Å². The summed E-state index contributed by atoms with van der Waals surface area (Å²) < 4.78 is 0. The Labute approximate surface area is 389 Å².